The molecule has 1 N–H and O–H groups in total. The average molecular weight is 288 g/mol. The van der Waals surface area contributed by atoms with Gasteiger partial charge in [0.2, 0.25) is 0 Å². The van der Waals surface area contributed by atoms with Gasteiger partial charge in [-0.05, 0) is 37.1 Å². The fraction of sp³-hybridized carbons (Fsp3) is 0.375. The molecule has 0 unspecified atom stereocenters. The van der Waals surface area contributed by atoms with Gasteiger partial charge in [0.25, 0.3) is 5.91 Å². The summed E-state index contributed by atoms with van der Waals surface area (Å²) in [6.07, 6.45) is 4.69. The molecule has 0 bridgehead atoms. The molecule has 0 aliphatic heterocycles. The maximum Gasteiger partial charge on any atom is 0.261 e. The first-order valence-corrected chi connectivity index (χ1v) is 7.79. The molecular weight excluding hydrogens is 268 g/mol. The highest BCUT2D eigenvalue weighted by atomic mass is 32.1. The first-order chi connectivity index (χ1) is 9.70. The van der Waals surface area contributed by atoms with E-state index in [2.05, 4.69) is 24.1 Å². The summed E-state index contributed by atoms with van der Waals surface area (Å²) < 4.78 is 0. The van der Waals surface area contributed by atoms with Crippen LogP contribution < -0.4 is 5.32 Å². The number of pyridine rings is 1. The van der Waals surface area contributed by atoms with E-state index < -0.39 is 0 Å². The second kappa shape index (κ2) is 7.20. The molecule has 0 fully saturated rings. The summed E-state index contributed by atoms with van der Waals surface area (Å²) in [5.74, 6) is 0.0244. The Morgan fingerprint density at radius 3 is 2.90 bits per heavy atom. The molecule has 0 saturated carbocycles. The summed E-state index contributed by atoms with van der Waals surface area (Å²) in [6, 6.07) is 7.86. The summed E-state index contributed by atoms with van der Waals surface area (Å²) in [4.78, 5) is 18.4. The quantitative estimate of drug-likeness (QED) is 0.885. The Balaban J connectivity index is 1.87. The molecular formula is C16H20N2OS. The number of hydrogen-bond acceptors (Lipinski definition) is 3. The van der Waals surface area contributed by atoms with Crippen molar-refractivity contribution in [3.63, 3.8) is 0 Å². The van der Waals surface area contributed by atoms with Crippen LogP contribution in [0, 0.1) is 6.92 Å². The summed E-state index contributed by atoms with van der Waals surface area (Å²) in [7, 11) is 0. The van der Waals surface area contributed by atoms with Crippen molar-refractivity contribution in [3.05, 3.63) is 51.5 Å². The minimum absolute atomic E-state index is 0.0244. The lowest BCUT2D eigenvalue weighted by Gasteiger charge is -2.02. The molecule has 2 heterocycles. The van der Waals surface area contributed by atoms with E-state index in [4.69, 9.17) is 0 Å². The number of carbonyl (C=O) groups excluding carboxylic acids is 1. The zero-order valence-electron chi connectivity index (χ0n) is 12.0. The Hall–Kier alpha value is -1.68. The summed E-state index contributed by atoms with van der Waals surface area (Å²) in [5, 5.41) is 2.96. The monoisotopic (exact) mass is 288 g/mol. The highest BCUT2D eigenvalue weighted by molar-refractivity contribution is 7.14. The molecule has 2 rings (SSSR count). The first kappa shape index (κ1) is 14.7. The van der Waals surface area contributed by atoms with Gasteiger partial charge in [0.15, 0.2) is 0 Å². The lowest BCUT2D eigenvalue weighted by atomic mass is 10.1. The van der Waals surface area contributed by atoms with Crippen LogP contribution >= 0.6 is 11.3 Å². The predicted octanol–water partition coefficient (Wildman–Crippen LogP) is 3.38. The number of nitrogens with zero attached hydrogens (tertiary/aromatic N) is 1. The van der Waals surface area contributed by atoms with Crippen LogP contribution in [0.5, 0.6) is 0 Å². The first-order valence-electron chi connectivity index (χ1n) is 6.98. The molecule has 0 atom stereocenters. The van der Waals surface area contributed by atoms with Crippen molar-refractivity contribution < 1.29 is 4.79 Å². The number of rotatable bonds is 6. The number of carbonyl (C=O) groups is 1. The summed E-state index contributed by atoms with van der Waals surface area (Å²) in [6.45, 7) is 4.86. The maximum atomic E-state index is 12.1. The molecule has 2 aromatic rings. The van der Waals surface area contributed by atoms with Gasteiger partial charge in [-0.25, -0.2) is 0 Å². The highest BCUT2D eigenvalue weighted by Crippen LogP contribution is 2.22. The summed E-state index contributed by atoms with van der Waals surface area (Å²) in [5.41, 5.74) is 2.30. The van der Waals surface area contributed by atoms with Gasteiger partial charge >= 0.3 is 0 Å². The molecule has 0 saturated heterocycles. The third-order valence-electron chi connectivity index (χ3n) is 3.16. The number of nitrogens with one attached hydrogen (secondary N) is 1. The molecule has 3 nitrogen and oxygen atoms in total. The molecule has 0 aliphatic rings. The van der Waals surface area contributed by atoms with Crippen LogP contribution in [0.2, 0.25) is 0 Å². The minimum Gasteiger partial charge on any atom is -0.351 e. The third-order valence-corrected chi connectivity index (χ3v) is 4.25. The average Bonchev–Trinajstić information content (AvgIpc) is 2.82. The lowest BCUT2D eigenvalue weighted by molar-refractivity contribution is 0.0958. The van der Waals surface area contributed by atoms with Crippen LogP contribution in [0.4, 0.5) is 0 Å². The van der Waals surface area contributed by atoms with Crippen molar-refractivity contribution in [3.8, 4) is 0 Å². The third kappa shape index (κ3) is 3.90. The lowest BCUT2D eigenvalue weighted by Crippen LogP contribution is -2.25. The fourth-order valence-corrected chi connectivity index (χ4v) is 3.07. The van der Waals surface area contributed by atoms with E-state index in [-0.39, 0.29) is 5.91 Å². The normalized spacial score (nSPS) is 10.5. The van der Waals surface area contributed by atoms with Crippen LogP contribution in [0.15, 0.2) is 30.5 Å². The standard InChI is InChI=1S/C16H20N2OS/c1-3-6-13-11-15(20-12(13)2)16(19)18-10-8-14-7-4-5-9-17-14/h4-5,7,9,11H,3,6,8,10H2,1-2H3,(H,18,19). The number of amides is 1. The Labute approximate surface area is 124 Å². The zero-order chi connectivity index (χ0) is 14.4. The second-order valence-corrected chi connectivity index (χ2v) is 6.03. The van der Waals surface area contributed by atoms with E-state index >= 15 is 0 Å². The van der Waals surface area contributed by atoms with Gasteiger partial charge in [0, 0.05) is 29.7 Å². The Bertz CT molecular complexity index is 563. The topological polar surface area (TPSA) is 42.0 Å². The van der Waals surface area contributed by atoms with Gasteiger partial charge in [0.05, 0.1) is 4.88 Å². The summed E-state index contributed by atoms with van der Waals surface area (Å²) >= 11 is 1.58. The predicted molar refractivity (Wildman–Crippen MR) is 83.3 cm³/mol. The maximum absolute atomic E-state index is 12.1. The van der Waals surface area contributed by atoms with Crippen LogP contribution in [0.1, 0.15) is 39.2 Å². The van der Waals surface area contributed by atoms with Gasteiger partial charge < -0.3 is 5.32 Å². The van der Waals surface area contributed by atoms with Gasteiger partial charge in [-0.2, -0.15) is 0 Å². The van der Waals surface area contributed by atoms with Crippen LogP contribution in [0.25, 0.3) is 0 Å². The van der Waals surface area contributed by atoms with Gasteiger partial charge in [-0.3, -0.25) is 9.78 Å². The van der Waals surface area contributed by atoms with E-state index in [0.717, 1.165) is 29.8 Å². The van der Waals surface area contributed by atoms with Gasteiger partial charge in [0.1, 0.15) is 0 Å². The number of aromatic nitrogens is 1. The molecule has 1 amide bonds. The van der Waals surface area contributed by atoms with E-state index in [1.54, 1.807) is 17.5 Å². The molecule has 0 radical (unpaired) electrons. The van der Waals surface area contributed by atoms with Crippen molar-refractivity contribution in [2.75, 3.05) is 6.54 Å². The van der Waals surface area contributed by atoms with Crippen molar-refractivity contribution in [1.82, 2.24) is 10.3 Å². The SMILES string of the molecule is CCCc1cc(C(=O)NCCc2ccccn2)sc1C. The molecule has 106 valence electrons. The Morgan fingerprint density at radius 2 is 2.20 bits per heavy atom. The number of aryl methyl sites for hydroxylation is 2. The number of hydrogen-bond donors (Lipinski definition) is 1. The largest absolute Gasteiger partial charge is 0.351 e. The molecule has 20 heavy (non-hydrogen) atoms. The molecule has 0 spiro atoms. The minimum atomic E-state index is 0.0244. The van der Waals surface area contributed by atoms with Gasteiger partial charge in [-0.15, -0.1) is 11.3 Å². The molecule has 4 heteroatoms. The van der Waals surface area contributed by atoms with Crippen LogP contribution in [-0.4, -0.2) is 17.4 Å². The van der Waals surface area contributed by atoms with E-state index in [1.165, 1.54) is 10.4 Å². The molecule has 0 aliphatic carbocycles. The highest BCUT2D eigenvalue weighted by Gasteiger charge is 2.11. The zero-order valence-corrected chi connectivity index (χ0v) is 12.8. The molecule has 2 aromatic heterocycles. The number of thiophene rings is 1. The van der Waals surface area contributed by atoms with E-state index in [9.17, 15) is 4.79 Å². The van der Waals surface area contributed by atoms with Crippen molar-refractivity contribution in [2.24, 2.45) is 0 Å². The van der Waals surface area contributed by atoms with Crippen LogP contribution in [0.3, 0.4) is 0 Å². The van der Waals surface area contributed by atoms with E-state index in [0.29, 0.717) is 6.54 Å². The van der Waals surface area contributed by atoms with Gasteiger partial charge in [-0.1, -0.05) is 19.4 Å². The second-order valence-electron chi connectivity index (χ2n) is 4.77. The molecule has 0 aromatic carbocycles. The van der Waals surface area contributed by atoms with Crippen LogP contribution in [-0.2, 0) is 12.8 Å². The fourth-order valence-electron chi connectivity index (χ4n) is 2.09. The Kier molecular flexibility index (Phi) is 5.30. The van der Waals surface area contributed by atoms with Crippen molar-refractivity contribution >= 4 is 17.2 Å². The van der Waals surface area contributed by atoms with Crippen molar-refractivity contribution in [2.45, 2.75) is 33.1 Å². The Morgan fingerprint density at radius 1 is 1.35 bits per heavy atom. The van der Waals surface area contributed by atoms with E-state index in [1.807, 2.05) is 24.3 Å². The smallest absolute Gasteiger partial charge is 0.261 e. The van der Waals surface area contributed by atoms with Crippen molar-refractivity contribution in [1.29, 1.82) is 0 Å².